The van der Waals surface area contributed by atoms with E-state index in [0.717, 1.165) is 6.42 Å². The number of amides is 2. The quantitative estimate of drug-likeness (QED) is 0.729. The van der Waals surface area contributed by atoms with Gasteiger partial charge in [0.25, 0.3) is 0 Å². The van der Waals surface area contributed by atoms with Gasteiger partial charge in [-0.15, -0.1) is 0 Å². The van der Waals surface area contributed by atoms with Crippen LogP contribution in [0.15, 0.2) is 34.9 Å². The number of ether oxygens (including phenoxy) is 1. The van der Waals surface area contributed by atoms with E-state index < -0.39 is 5.97 Å². The molecule has 26 heavy (non-hydrogen) atoms. The van der Waals surface area contributed by atoms with Gasteiger partial charge >= 0.3 is 12.0 Å². The minimum absolute atomic E-state index is 0.0735. The van der Waals surface area contributed by atoms with Crippen molar-refractivity contribution in [2.24, 2.45) is 5.92 Å². The van der Waals surface area contributed by atoms with E-state index in [1.807, 2.05) is 0 Å². The summed E-state index contributed by atoms with van der Waals surface area (Å²) in [4.78, 5) is 29.8. The van der Waals surface area contributed by atoms with Crippen LogP contribution in [-0.4, -0.2) is 35.5 Å². The van der Waals surface area contributed by atoms with Crippen LogP contribution in [0.2, 0.25) is 5.02 Å². The maximum Gasteiger partial charge on any atom is 0.360 e. The SMILES string of the molecule is COC(=O)c1coc(CN(CCC(C)C)C(=O)Nc2ccc(Cl)cc2)n1. The molecule has 1 heterocycles. The lowest BCUT2D eigenvalue weighted by molar-refractivity contribution is 0.0594. The summed E-state index contributed by atoms with van der Waals surface area (Å²) in [6.45, 7) is 4.82. The van der Waals surface area contributed by atoms with Gasteiger partial charge in [-0.05, 0) is 36.6 Å². The molecular weight excluding hydrogens is 358 g/mol. The van der Waals surface area contributed by atoms with Crippen molar-refractivity contribution in [1.29, 1.82) is 0 Å². The zero-order chi connectivity index (χ0) is 19.1. The van der Waals surface area contributed by atoms with E-state index in [1.54, 1.807) is 29.2 Å². The Morgan fingerprint density at radius 3 is 2.62 bits per heavy atom. The van der Waals surface area contributed by atoms with Crippen molar-refractivity contribution in [2.45, 2.75) is 26.8 Å². The minimum Gasteiger partial charge on any atom is -0.464 e. The molecule has 0 bridgehead atoms. The van der Waals surface area contributed by atoms with E-state index in [1.165, 1.54) is 13.4 Å². The molecule has 0 radical (unpaired) electrons. The second-order valence-corrected chi connectivity index (χ2v) is 6.60. The molecule has 0 unspecified atom stereocenters. The van der Waals surface area contributed by atoms with Crippen LogP contribution in [0.1, 0.15) is 36.6 Å². The molecule has 0 spiro atoms. The molecule has 0 saturated heterocycles. The number of nitrogens with one attached hydrogen (secondary N) is 1. The Labute approximate surface area is 157 Å². The Hall–Kier alpha value is -2.54. The van der Waals surface area contributed by atoms with E-state index in [-0.39, 0.29) is 24.2 Å². The van der Waals surface area contributed by atoms with E-state index in [2.05, 4.69) is 28.9 Å². The zero-order valence-corrected chi connectivity index (χ0v) is 15.7. The van der Waals surface area contributed by atoms with Gasteiger partial charge in [0.05, 0.1) is 13.7 Å². The first-order chi connectivity index (χ1) is 12.4. The second kappa shape index (κ2) is 9.24. The summed E-state index contributed by atoms with van der Waals surface area (Å²) in [5, 5.41) is 3.41. The molecular formula is C18H22ClN3O4. The molecule has 0 aliphatic rings. The highest BCUT2D eigenvalue weighted by Crippen LogP contribution is 2.15. The van der Waals surface area contributed by atoms with Gasteiger partial charge in [0.15, 0.2) is 5.69 Å². The van der Waals surface area contributed by atoms with Gasteiger partial charge in [-0.1, -0.05) is 25.4 Å². The third kappa shape index (κ3) is 5.77. The van der Waals surface area contributed by atoms with Crippen LogP contribution in [0.5, 0.6) is 0 Å². The van der Waals surface area contributed by atoms with Crippen molar-refractivity contribution in [2.75, 3.05) is 19.0 Å². The number of benzene rings is 1. The number of urea groups is 1. The molecule has 1 aromatic carbocycles. The number of halogens is 1. The number of hydrogen-bond acceptors (Lipinski definition) is 5. The number of rotatable bonds is 7. The number of aromatic nitrogens is 1. The highest BCUT2D eigenvalue weighted by atomic mass is 35.5. The molecule has 1 aromatic heterocycles. The van der Waals surface area contributed by atoms with Gasteiger partial charge in [0.2, 0.25) is 5.89 Å². The molecule has 7 nitrogen and oxygen atoms in total. The highest BCUT2D eigenvalue weighted by Gasteiger charge is 2.19. The Morgan fingerprint density at radius 2 is 2.00 bits per heavy atom. The van der Waals surface area contributed by atoms with Crippen molar-refractivity contribution >= 4 is 29.3 Å². The maximum atomic E-state index is 12.6. The zero-order valence-electron chi connectivity index (χ0n) is 15.0. The van der Waals surface area contributed by atoms with E-state index in [4.69, 9.17) is 16.0 Å². The maximum absolute atomic E-state index is 12.6. The molecule has 2 amide bonds. The molecule has 0 fully saturated rings. The fourth-order valence-electron chi connectivity index (χ4n) is 2.15. The number of nitrogens with zero attached hydrogens (tertiary/aromatic N) is 2. The summed E-state index contributed by atoms with van der Waals surface area (Å²) in [7, 11) is 1.27. The lowest BCUT2D eigenvalue weighted by Gasteiger charge is -2.22. The molecule has 2 aromatic rings. The van der Waals surface area contributed by atoms with Crippen LogP contribution in [0.25, 0.3) is 0 Å². The van der Waals surface area contributed by atoms with Gasteiger partial charge < -0.3 is 19.4 Å². The average molecular weight is 380 g/mol. The van der Waals surface area contributed by atoms with Crippen LogP contribution < -0.4 is 5.32 Å². The fraction of sp³-hybridized carbons (Fsp3) is 0.389. The summed E-state index contributed by atoms with van der Waals surface area (Å²) in [5.41, 5.74) is 0.709. The number of oxazole rings is 1. The first kappa shape index (κ1) is 19.8. The first-order valence-electron chi connectivity index (χ1n) is 8.23. The van der Waals surface area contributed by atoms with Crippen molar-refractivity contribution < 1.29 is 18.7 Å². The summed E-state index contributed by atoms with van der Waals surface area (Å²) in [6.07, 6.45) is 2.04. The van der Waals surface area contributed by atoms with E-state index in [0.29, 0.717) is 23.2 Å². The number of carbonyl (C=O) groups is 2. The van der Waals surface area contributed by atoms with Crippen molar-refractivity contribution in [3.05, 3.63) is 47.1 Å². The molecule has 0 saturated carbocycles. The summed E-state index contributed by atoms with van der Waals surface area (Å²) in [6, 6.07) is 6.56. The summed E-state index contributed by atoms with van der Waals surface area (Å²) < 4.78 is 9.89. The van der Waals surface area contributed by atoms with Crippen molar-refractivity contribution in [3.8, 4) is 0 Å². The minimum atomic E-state index is -0.584. The highest BCUT2D eigenvalue weighted by molar-refractivity contribution is 6.30. The number of anilines is 1. The topological polar surface area (TPSA) is 84.7 Å². The molecule has 0 aliphatic heterocycles. The van der Waals surface area contributed by atoms with Crippen LogP contribution in [-0.2, 0) is 11.3 Å². The summed E-state index contributed by atoms with van der Waals surface area (Å²) >= 11 is 5.86. The fourth-order valence-corrected chi connectivity index (χ4v) is 2.27. The Morgan fingerprint density at radius 1 is 1.31 bits per heavy atom. The van der Waals surface area contributed by atoms with Gasteiger partial charge in [0, 0.05) is 17.3 Å². The molecule has 0 aliphatic carbocycles. The average Bonchev–Trinajstić information content (AvgIpc) is 3.08. The Bertz CT molecular complexity index is 743. The molecule has 0 atom stereocenters. The van der Waals surface area contributed by atoms with Crippen LogP contribution in [0.4, 0.5) is 10.5 Å². The lowest BCUT2D eigenvalue weighted by Crippen LogP contribution is -2.35. The molecule has 1 N–H and O–H groups in total. The number of methoxy groups -OCH3 is 1. The Balaban J connectivity index is 2.08. The third-order valence-electron chi connectivity index (χ3n) is 3.63. The van der Waals surface area contributed by atoms with E-state index in [9.17, 15) is 9.59 Å². The number of carbonyl (C=O) groups excluding carboxylic acids is 2. The molecule has 2 rings (SSSR count). The second-order valence-electron chi connectivity index (χ2n) is 6.16. The predicted octanol–water partition coefficient (Wildman–Crippen LogP) is 4.19. The lowest BCUT2D eigenvalue weighted by atomic mass is 10.1. The smallest absolute Gasteiger partial charge is 0.360 e. The monoisotopic (exact) mass is 379 g/mol. The van der Waals surface area contributed by atoms with Crippen LogP contribution >= 0.6 is 11.6 Å². The normalized spacial score (nSPS) is 10.7. The Kier molecular flexibility index (Phi) is 7.03. The standard InChI is InChI=1S/C18H22ClN3O4/c1-12(2)8-9-22(10-16-21-15(11-26-16)17(23)25-3)18(24)20-14-6-4-13(19)5-7-14/h4-7,11-12H,8-10H2,1-3H3,(H,20,24). The summed E-state index contributed by atoms with van der Waals surface area (Å²) in [5.74, 6) is 0.107. The van der Waals surface area contributed by atoms with Gasteiger partial charge in [-0.25, -0.2) is 14.6 Å². The third-order valence-corrected chi connectivity index (χ3v) is 3.88. The first-order valence-corrected chi connectivity index (χ1v) is 8.61. The molecule has 140 valence electrons. The predicted molar refractivity (Wildman–Crippen MR) is 98.2 cm³/mol. The molecule has 8 heteroatoms. The van der Waals surface area contributed by atoms with Crippen LogP contribution in [0, 0.1) is 5.92 Å². The van der Waals surface area contributed by atoms with Crippen molar-refractivity contribution in [1.82, 2.24) is 9.88 Å². The van der Waals surface area contributed by atoms with Gasteiger partial charge in [0.1, 0.15) is 6.26 Å². The van der Waals surface area contributed by atoms with Gasteiger partial charge in [-0.2, -0.15) is 0 Å². The van der Waals surface area contributed by atoms with Gasteiger partial charge in [-0.3, -0.25) is 0 Å². The van der Waals surface area contributed by atoms with Crippen molar-refractivity contribution in [3.63, 3.8) is 0 Å². The van der Waals surface area contributed by atoms with Crippen LogP contribution in [0.3, 0.4) is 0 Å². The number of esters is 1. The van der Waals surface area contributed by atoms with E-state index >= 15 is 0 Å². The number of hydrogen-bond donors (Lipinski definition) is 1. The largest absolute Gasteiger partial charge is 0.464 e.